The molecule has 2 aromatic carbocycles. The molecule has 0 saturated heterocycles. The number of nitrogens with one attached hydrogen (secondary N) is 1. The van der Waals surface area contributed by atoms with E-state index in [2.05, 4.69) is 10.3 Å². The van der Waals surface area contributed by atoms with Crippen molar-refractivity contribution in [3.63, 3.8) is 0 Å². The van der Waals surface area contributed by atoms with Gasteiger partial charge in [-0.05, 0) is 47.9 Å². The number of aromatic nitrogens is 1. The maximum absolute atomic E-state index is 13.5. The van der Waals surface area contributed by atoms with Gasteiger partial charge >= 0.3 is 0 Å². The minimum absolute atomic E-state index is 0.0460. The SMILES string of the molecule is COc1ccc(CN(C(=O)CN(Cc2ccccc2)S(C)(=O)=O)[C@H](C)C(=O)NCc2ccncc2)cc1. The van der Waals surface area contributed by atoms with Gasteiger partial charge in [0, 0.05) is 32.0 Å². The van der Waals surface area contributed by atoms with Gasteiger partial charge in [0.2, 0.25) is 21.8 Å². The van der Waals surface area contributed by atoms with Crippen LogP contribution >= 0.6 is 0 Å². The fourth-order valence-corrected chi connectivity index (χ4v) is 4.40. The summed E-state index contributed by atoms with van der Waals surface area (Å²) in [7, 11) is -2.14. The van der Waals surface area contributed by atoms with E-state index in [1.807, 2.05) is 18.2 Å². The van der Waals surface area contributed by atoms with E-state index in [1.54, 1.807) is 75.0 Å². The van der Waals surface area contributed by atoms with E-state index in [4.69, 9.17) is 4.74 Å². The van der Waals surface area contributed by atoms with Gasteiger partial charge in [-0.2, -0.15) is 4.31 Å². The largest absolute Gasteiger partial charge is 0.497 e. The highest BCUT2D eigenvalue weighted by Crippen LogP contribution is 2.16. The fraction of sp³-hybridized carbons (Fsp3) is 0.296. The maximum atomic E-state index is 13.5. The molecule has 1 aromatic heterocycles. The highest BCUT2D eigenvalue weighted by molar-refractivity contribution is 7.88. The van der Waals surface area contributed by atoms with Crippen LogP contribution in [0.2, 0.25) is 0 Å². The summed E-state index contributed by atoms with van der Waals surface area (Å²) < 4.78 is 31.4. The number of methoxy groups -OCH3 is 1. The lowest BCUT2D eigenvalue weighted by Gasteiger charge is -2.31. The summed E-state index contributed by atoms with van der Waals surface area (Å²) >= 11 is 0. The topological polar surface area (TPSA) is 109 Å². The molecule has 1 atom stereocenters. The summed E-state index contributed by atoms with van der Waals surface area (Å²) in [4.78, 5) is 32.0. The Morgan fingerprint density at radius 1 is 0.919 bits per heavy atom. The Kier molecular flexibility index (Phi) is 9.76. The molecule has 0 aliphatic rings. The summed E-state index contributed by atoms with van der Waals surface area (Å²) in [5.74, 6) is -0.174. The van der Waals surface area contributed by atoms with Gasteiger partial charge in [0.1, 0.15) is 11.8 Å². The van der Waals surface area contributed by atoms with Crippen LogP contribution < -0.4 is 10.1 Å². The van der Waals surface area contributed by atoms with Crippen LogP contribution in [0.1, 0.15) is 23.6 Å². The first-order valence-corrected chi connectivity index (χ1v) is 13.6. The second-order valence-electron chi connectivity index (χ2n) is 8.64. The summed E-state index contributed by atoms with van der Waals surface area (Å²) in [6, 6.07) is 18.9. The van der Waals surface area contributed by atoms with Crippen molar-refractivity contribution in [2.75, 3.05) is 19.9 Å². The zero-order chi connectivity index (χ0) is 26.8. The molecule has 1 N–H and O–H groups in total. The van der Waals surface area contributed by atoms with Crippen molar-refractivity contribution in [2.45, 2.75) is 32.6 Å². The monoisotopic (exact) mass is 524 g/mol. The standard InChI is InChI=1S/C27H32N4O5S/c1-21(27(33)29-17-22-13-15-28-16-14-22)31(19-24-9-11-25(36-2)12-10-24)26(32)20-30(37(3,34)35)18-23-7-5-4-6-8-23/h4-16,21H,17-20H2,1-3H3,(H,29,33)/t21-/m1/s1. The van der Waals surface area contributed by atoms with Crippen molar-refractivity contribution in [1.29, 1.82) is 0 Å². The van der Waals surface area contributed by atoms with E-state index in [-0.39, 0.29) is 25.5 Å². The molecule has 10 heteroatoms. The van der Waals surface area contributed by atoms with E-state index in [9.17, 15) is 18.0 Å². The second-order valence-corrected chi connectivity index (χ2v) is 10.6. The summed E-state index contributed by atoms with van der Waals surface area (Å²) in [5, 5.41) is 2.85. The molecule has 0 fully saturated rings. The van der Waals surface area contributed by atoms with Gasteiger partial charge < -0.3 is 15.0 Å². The van der Waals surface area contributed by atoms with E-state index in [1.165, 1.54) is 4.90 Å². The van der Waals surface area contributed by atoms with Crippen LogP contribution in [0.25, 0.3) is 0 Å². The molecule has 0 aliphatic carbocycles. The zero-order valence-electron chi connectivity index (χ0n) is 21.2. The molecule has 9 nitrogen and oxygen atoms in total. The number of amides is 2. The molecular formula is C27H32N4O5S. The van der Waals surface area contributed by atoms with Crippen molar-refractivity contribution >= 4 is 21.8 Å². The van der Waals surface area contributed by atoms with Crippen LogP contribution in [0, 0.1) is 0 Å². The third-order valence-corrected chi connectivity index (χ3v) is 7.07. The third-order valence-electron chi connectivity index (χ3n) is 5.88. The molecule has 37 heavy (non-hydrogen) atoms. The van der Waals surface area contributed by atoms with E-state index in [0.717, 1.165) is 27.3 Å². The first-order valence-electron chi connectivity index (χ1n) is 11.8. The predicted molar refractivity (Wildman–Crippen MR) is 141 cm³/mol. The number of sulfonamides is 1. The number of hydrogen-bond acceptors (Lipinski definition) is 6. The Bertz CT molecular complexity index is 1270. The van der Waals surface area contributed by atoms with Crippen molar-refractivity contribution in [1.82, 2.24) is 19.5 Å². The Morgan fingerprint density at radius 2 is 1.54 bits per heavy atom. The van der Waals surface area contributed by atoms with Gasteiger partial charge in [0.15, 0.2) is 0 Å². The minimum Gasteiger partial charge on any atom is -0.497 e. The molecule has 3 aromatic rings. The fourth-order valence-electron chi connectivity index (χ4n) is 3.67. The number of ether oxygens (including phenoxy) is 1. The Labute approximate surface area is 218 Å². The Morgan fingerprint density at radius 3 is 2.14 bits per heavy atom. The molecule has 0 unspecified atom stereocenters. The smallest absolute Gasteiger partial charge is 0.242 e. The molecule has 196 valence electrons. The van der Waals surface area contributed by atoms with Crippen LogP contribution in [0.4, 0.5) is 0 Å². The number of nitrogens with zero attached hydrogens (tertiary/aromatic N) is 3. The minimum atomic E-state index is -3.70. The third kappa shape index (κ3) is 8.40. The Hall–Kier alpha value is -3.76. The van der Waals surface area contributed by atoms with Crippen molar-refractivity contribution in [3.8, 4) is 5.75 Å². The molecule has 0 saturated carbocycles. The number of carbonyl (C=O) groups excluding carboxylic acids is 2. The van der Waals surface area contributed by atoms with Gasteiger partial charge in [-0.25, -0.2) is 8.42 Å². The number of hydrogen-bond donors (Lipinski definition) is 1. The first kappa shape index (κ1) is 27.8. The summed E-state index contributed by atoms with van der Waals surface area (Å²) in [5.41, 5.74) is 2.40. The first-order chi connectivity index (χ1) is 17.7. The van der Waals surface area contributed by atoms with Crippen LogP contribution in [0.3, 0.4) is 0 Å². The van der Waals surface area contributed by atoms with Crippen molar-refractivity contribution < 1.29 is 22.7 Å². The van der Waals surface area contributed by atoms with E-state index < -0.39 is 28.5 Å². The predicted octanol–water partition coefficient (Wildman–Crippen LogP) is 2.59. The molecule has 0 spiro atoms. The molecule has 3 rings (SSSR count). The lowest BCUT2D eigenvalue weighted by atomic mass is 10.1. The van der Waals surface area contributed by atoms with Gasteiger partial charge in [-0.1, -0.05) is 42.5 Å². The average Bonchev–Trinajstić information content (AvgIpc) is 2.90. The van der Waals surface area contributed by atoms with Crippen molar-refractivity contribution in [2.24, 2.45) is 0 Å². The lowest BCUT2D eigenvalue weighted by molar-refractivity contribution is -0.140. The van der Waals surface area contributed by atoms with Crippen LogP contribution in [0.15, 0.2) is 79.1 Å². The highest BCUT2D eigenvalue weighted by Gasteiger charge is 2.29. The van der Waals surface area contributed by atoms with E-state index >= 15 is 0 Å². The maximum Gasteiger partial charge on any atom is 0.242 e. The number of rotatable bonds is 12. The lowest BCUT2D eigenvalue weighted by Crippen LogP contribution is -2.50. The molecule has 2 amide bonds. The normalized spacial score (nSPS) is 12.1. The summed E-state index contributed by atoms with van der Waals surface area (Å²) in [6.07, 6.45) is 4.34. The van der Waals surface area contributed by atoms with Crippen LogP contribution in [-0.2, 0) is 39.2 Å². The number of carbonyl (C=O) groups is 2. The highest BCUT2D eigenvalue weighted by atomic mass is 32.2. The molecular weight excluding hydrogens is 492 g/mol. The number of benzene rings is 2. The van der Waals surface area contributed by atoms with Crippen LogP contribution in [0.5, 0.6) is 5.75 Å². The average molecular weight is 525 g/mol. The quantitative estimate of drug-likeness (QED) is 0.390. The van der Waals surface area contributed by atoms with Gasteiger partial charge in [0.25, 0.3) is 0 Å². The molecule has 1 heterocycles. The van der Waals surface area contributed by atoms with Gasteiger partial charge in [0.05, 0.1) is 19.9 Å². The van der Waals surface area contributed by atoms with Crippen LogP contribution in [-0.4, -0.2) is 60.4 Å². The Balaban J connectivity index is 1.81. The summed E-state index contributed by atoms with van der Waals surface area (Å²) in [6.45, 7) is 1.68. The second kappa shape index (κ2) is 13.0. The number of pyridine rings is 1. The molecule has 0 aliphatic heterocycles. The van der Waals surface area contributed by atoms with Crippen molar-refractivity contribution in [3.05, 3.63) is 95.8 Å². The van der Waals surface area contributed by atoms with Gasteiger partial charge in [-0.3, -0.25) is 14.6 Å². The molecule has 0 radical (unpaired) electrons. The van der Waals surface area contributed by atoms with E-state index in [0.29, 0.717) is 5.75 Å². The zero-order valence-corrected chi connectivity index (χ0v) is 22.0. The molecule has 0 bridgehead atoms. The van der Waals surface area contributed by atoms with Gasteiger partial charge in [-0.15, -0.1) is 0 Å².